The van der Waals surface area contributed by atoms with Gasteiger partial charge in [0.25, 0.3) is 0 Å². The van der Waals surface area contributed by atoms with Crippen molar-refractivity contribution in [2.45, 2.75) is 26.3 Å². The van der Waals surface area contributed by atoms with Crippen LogP contribution in [0.3, 0.4) is 0 Å². The molecule has 0 atom stereocenters. The smallest absolute Gasteiger partial charge is 0.307 e. The first kappa shape index (κ1) is 10.7. The van der Waals surface area contributed by atoms with Crippen LogP contribution in [0.4, 0.5) is 0 Å². The van der Waals surface area contributed by atoms with Crippen molar-refractivity contribution in [2.24, 2.45) is 0 Å². The van der Waals surface area contributed by atoms with Gasteiger partial charge in [-0.1, -0.05) is 0 Å². The molecule has 0 aliphatic carbocycles. The van der Waals surface area contributed by atoms with Gasteiger partial charge in [-0.05, 0) is 31.5 Å². The number of hydrogen-bond donors (Lipinski definition) is 1. The summed E-state index contributed by atoms with van der Waals surface area (Å²) in [7, 11) is 0. The van der Waals surface area contributed by atoms with Gasteiger partial charge in [0.05, 0.1) is 6.42 Å². The van der Waals surface area contributed by atoms with Crippen molar-refractivity contribution in [3.63, 3.8) is 0 Å². The SMILES string of the molecule is CC(C)n1cc(CC(=O)O)c2cccnc21. The van der Waals surface area contributed by atoms with E-state index in [-0.39, 0.29) is 12.5 Å². The zero-order valence-corrected chi connectivity index (χ0v) is 9.34. The van der Waals surface area contributed by atoms with Gasteiger partial charge in [-0.3, -0.25) is 4.79 Å². The van der Waals surface area contributed by atoms with E-state index < -0.39 is 5.97 Å². The van der Waals surface area contributed by atoms with Crippen LogP contribution >= 0.6 is 0 Å². The third-order valence-electron chi connectivity index (χ3n) is 2.57. The fraction of sp³-hybridized carbons (Fsp3) is 0.333. The molecule has 0 aliphatic heterocycles. The number of carboxylic acid groups (broad SMARTS) is 1. The van der Waals surface area contributed by atoms with Crippen LogP contribution in [0.1, 0.15) is 25.5 Å². The fourth-order valence-corrected chi connectivity index (χ4v) is 1.85. The molecule has 0 radical (unpaired) electrons. The maximum Gasteiger partial charge on any atom is 0.307 e. The molecule has 1 N–H and O–H groups in total. The van der Waals surface area contributed by atoms with Crippen LogP contribution in [0, 0.1) is 0 Å². The van der Waals surface area contributed by atoms with Crippen molar-refractivity contribution in [1.82, 2.24) is 9.55 Å². The number of fused-ring (bicyclic) bond motifs is 1. The van der Waals surface area contributed by atoms with Crippen LogP contribution in [0.5, 0.6) is 0 Å². The largest absolute Gasteiger partial charge is 0.481 e. The van der Waals surface area contributed by atoms with Gasteiger partial charge in [-0.15, -0.1) is 0 Å². The number of aromatic nitrogens is 2. The number of carboxylic acids is 1. The molecule has 0 bridgehead atoms. The molecular weight excluding hydrogens is 204 g/mol. The molecule has 0 saturated heterocycles. The topological polar surface area (TPSA) is 55.1 Å². The van der Waals surface area contributed by atoms with E-state index in [9.17, 15) is 4.79 Å². The minimum Gasteiger partial charge on any atom is -0.481 e. The van der Waals surface area contributed by atoms with E-state index in [2.05, 4.69) is 18.8 Å². The Morgan fingerprint density at radius 2 is 2.31 bits per heavy atom. The average Bonchev–Trinajstić information content (AvgIpc) is 2.57. The van der Waals surface area contributed by atoms with Gasteiger partial charge in [0.15, 0.2) is 0 Å². The van der Waals surface area contributed by atoms with E-state index in [1.54, 1.807) is 6.20 Å². The highest BCUT2D eigenvalue weighted by Crippen LogP contribution is 2.23. The van der Waals surface area contributed by atoms with Gasteiger partial charge in [0.1, 0.15) is 5.65 Å². The summed E-state index contributed by atoms with van der Waals surface area (Å²) < 4.78 is 2.01. The summed E-state index contributed by atoms with van der Waals surface area (Å²) in [5.41, 5.74) is 1.68. The normalized spacial score (nSPS) is 11.2. The molecule has 16 heavy (non-hydrogen) atoms. The first-order valence-corrected chi connectivity index (χ1v) is 5.26. The van der Waals surface area contributed by atoms with Crippen LogP contribution in [0.2, 0.25) is 0 Å². The minimum atomic E-state index is -0.813. The number of pyridine rings is 1. The molecule has 0 unspecified atom stereocenters. The molecule has 0 amide bonds. The summed E-state index contributed by atoms with van der Waals surface area (Å²) >= 11 is 0. The third kappa shape index (κ3) is 1.78. The summed E-state index contributed by atoms with van der Waals surface area (Å²) in [6.45, 7) is 4.11. The molecule has 0 spiro atoms. The molecule has 2 aromatic rings. The van der Waals surface area contributed by atoms with Crippen molar-refractivity contribution in [3.8, 4) is 0 Å². The minimum absolute atomic E-state index is 0.0436. The van der Waals surface area contributed by atoms with Crippen molar-refractivity contribution in [1.29, 1.82) is 0 Å². The highest BCUT2D eigenvalue weighted by Gasteiger charge is 2.13. The Kier molecular flexibility index (Phi) is 2.64. The van der Waals surface area contributed by atoms with Crippen molar-refractivity contribution >= 4 is 17.0 Å². The van der Waals surface area contributed by atoms with Gasteiger partial charge in [-0.25, -0.2) is 4.98 Å². The van der Waals surface area contributed by atoms with Crippen LogP contribution in [0.25, 0.3) is 11.0 Å². The summed E-state index contributed by atoms with van der Waals surface area (Å²) in [5, 5.41) is 9.77. The van der Waals surface area contributed by atoms with Crippen LogP contribution < -0.4 is 0 Å². The highest BCUT2D eigenvalue weighted by molar-refractivity contribution is 5.85. The highest BCUT2D eigenvalue weighted by atomic mass is 16.4. The molecule has 0 fully saturated rings. The van der Waals surface area contributed by atoms with E-state index in [4.69, 9.17) is 5.11 Å². The fourth-order valence-electron chi connectivity index (χ4n) is 1.85. The predicted octanol–water partition coefficient (Wildman–Crippen LogP) is 2.24. The molecule has 2 aromatic heterocycles. The van der Waals surface area contributed by atoms with Gasteiger partial charge in [0, 0.05) is 23.8 Å². The molecule has 0 aliphatic rings. The lowest BCUT2D eigenvalue weighted by atomic mass is 10.2. The molecule has 84 valence electrons. The quantitative estimate of drug-likeness (QED) is 0.859. The lowest BCUT2D eigenvalue weighted by Gasteiger charge is -2.07. The molecule has 4 nitrogen and oxygen atoms in total. The van der Waals surface area contributed by atoms with Gasteiger partial charge < -0.3 is 9.67 Å². The van der Waals surface area contributed by atoms with Gasteiger partial charge in [-0.2, -0.15) is 0 Å². The lowest BCUT2D eigenvalue weighted by molar-refractivity contribution is -0.136. The lowest BCUT2D eigenvalue weighted by Crippen LogP contribution is -2.00. The van der Waals surface area contributed by atoms with E-state index in [0.717, 1.165) is 16.6 Å². The number of carbonyl (C=O) groups is 1. The van der Waals surface area contributed by atoms with E-state index in [1.165, 1.54) is 0 Å². The Labute approximate surface area is 93.5 Å². The summed E-state index contributed by atoms with van der Waals surface area (Å²) in [6, 6.07) is 4.03. The Bertz CT molecular complexity index is 529. The van der Waals surface area contributed by atoms with Crippen LogP contribution in [-0.2, 0) is 11.2 Å². The molecule has 2 heterocycles. The number of nitrogens with zero attached hydrogens (tertiary/aromatic N) is 2. The second kappa shape index (κ2) is 3.96. The average molecular weight is 218 g/mol. The molecule has 0 aromatic carbocycles. The predicted molar refractivity (Wildman–Crippen MR) is 61.5 cm³/mol. The second-order valence-corrected chi connectivity index (χ2v) is 4.10. The van der Waals surface area contributed by atoms with Gasteiger partial charge in [0.2, 0.25) is 0 Å². The van der Waals surface area contributed by atoms with Crippen LogP contribution in [0.15, 0.2) is 24.5 Å². The molecule has 4 heteroatoms. The third-order valence-corrected chi connectivity index (χ3v) is 2.57. The van der Waals surface area contributed by atoms with Crippen LogP contribution in [-0.4, -0.2) is 20.6 Å². The second-order valence-electron chi connectivity index (χ2n) is 4.10. The Morgan fingerprint density at radius 3 is 2.94 bits per heavy atom. The Balaban J connectivity index is 2.62. The first-order valence-electron chi connectivity index (χ1n) is 5.26. The monoisotopic (exact) mass is 218 g/mol. The van der Waals surface area contributed by atoms with E-state index in [1.807, 2.05) is 22.9 Å². The van der Waals surface area contributed by atoms with Crippen molar-refractivity contribution in [3.05, 3.63) is 30.1 Å². The Morgan fingerprint density at radius 1 is 1.56 bits per heavy atom. The maximum absolute atomic E-state index is 10.8. The summed E-state index contributed by atoms with van der Waals surface area (Å²) in [4.78, 5) is 15.1. The number of hydrogen-bond acceptors (Lipinski definition) is 2. The zero-order valence-electron chi connectivity index (χ0n) is 9.34. The Hall–Kier alpha value is -1.84. The van der Waals surface area contributed by atoms with E-state index in [0.29, 0.717) is 0 Å². The number of rotatable bonds is 3. The molecule has 0 saturated carbocycles. The van der Waals surface area contributed by atoms with Crippen molar-refractivity contribution < 1.29 is 9.90 Å². The zero-order chi connectivity index (χ0) is 11.7. The maximum atomic E-state index is 10.8. The van der Waals surface area contributed by atoms with E-state index >= 15 is 0 Å². The molecule has 2 rings (SSSR count). The van der Waals surface area contributed by atoms with Crippen molar-refractivity contribution in [2.75, 3.05) is 0 Å². The number of aliphatic carboxylic acids is 1. The summed E-state index contributed by atoms with van der Waals surface area (Å²) in [6.07, 6.45) is 3.66. The summed E-state index contributed by atoms with van der Waals surface area (Å²) in [5.74, 6) is -0.813. The standard InChI is InChI=1S/C12H14N2O2/c1-8(2)14-7-9(6-11(15)16)10-4-3-5-13-12(10)14/h3-5,7-8H,6H2,1-2H3,(H,15,16). The first-order chi connectivity index (χ1) is 7.59. The molecular formula is C12H14N2O2. The van der Waals surface area contributed by atoms with Gasteiger partial charge >= 0.3 is 5.97 Å².